The maximum Gasteiger partial charge on any atom is 0.314 e. The molecule has 3 N–H and O–H groups in total. The molecule has 0 aromatic rings. The summed E-state index contributed by atoms with van der Waals surface area (Å²) in [5.41, 5.74) is -1.11. The Balaban J connectivity index is 1.19. The van der Waals surface area contributed by atoms with Gasteiger partial charge >= 0.3 is 11.9 Å². The fourth-order valence-corrected chi connectivity index (χ4v) is 9.80. The average molecular weight is 715 g/mol. The molecular formula is C40H58O11. The molecule has 51 heavy (non-hydrogen) atoms. The lowest BCUT2D eigenvalue weighted by Crippen LogP contribution is -2.62. The second-order valence-electron chi connectivity index (χ2n) is 17.7. The quantitative estimate of drug-likeness (QED) is 0.117. The minimum Gasteiger partial charge on any atom is -0.457 e. The standard InChI is InChI=1S/C40H58O11/c1-9-10-11-12-13-14-25-26(31-40(32(49-40)30(25)43)18-29(42)37(7,8)48-31)19-46-35-39(20-38(51-35)17-21(2)33(44)50-38)24-15-27(39)22(3)28(16-24)47-34(45)36(5,6)23(4)41/h13-14,21,23-24,27-32,35,41-43H,3,9-12,15-20H2,1-2,4-8H3. The molecule has 8 rings (SSSR count). The normalized spacial score (nSPS) is 44.4. The Kier molecular flexibility index (Phi) is 9.29. The number of carbonyl (C=O) groups excluding carboxylic acids is 2. The van der Waals surface area contributed by atoms with Crippen molar-refractivity contribution < 1.29 is 53.3 Å². The first-order valence-electron chi connectivity index (χ1n) is 19.1. The van der Waals surface area contributed by atoms with E-state index in [0.717, 1.165) is 43.3 Å². The molecule has 3 spiro atoms. The Hall–Kier alpha value is -2.12. The van der Waals surface area contributed by atoms with Gasteiger partial charge in [-0.15, -0.1) is 0 Å². The molecule has 11 heteroatoms. The van der Waals surface area contributed by atoms with Crippen LogP contribution in [-0.2, 0) is 38.0 Å². The molecule has 13 unspecified atom stereocenters. The van der Waals surface area contributed by atoms with Crippen LogP contribution in [-0.4, -0.2) is 93.8 Å². The fraction of sp³-hybridized carbons (Fsp3) is 0.800. The zero-order chi connectivity index (χ0) is 36.9. The number of allylic oxidation sites excluding steroid dienone is 1. The highest BCUT2D eigenvalue weighted by Gasteiger charge is 2.75. The summed E-state index contributed by atoms with van der Waals surface area (Å²) >= 11 is 0. The molecule has 7 fully saturated rings. The largest absolute Gasteiger partial charge is 0.457 e. The van der Waals surface area contributed by atoms with Gasteiger partial charge in [0.25, 0.3) is 0 Å². The number of esters is 2. The lowest BCUT2D eigenvalue weighted by molar-refractivity contribution is -0.277. The van der Waals surface area contributed by atoms with Crippen molar-refractivity contribution in [1.82, 2.24) is 0 Å². The van der Waals surface area contributed by atoms with Crippen molar-refractivity contribution in [2.24, 2.45) is 28.6 Å². The van der Waals surface area contributed by atoms with Gasteiger partial charge in [-0.2, -0.15) is 0 Å². The van der Waals surface area contributed by atoms with Crippen molar-refractivity contribution in [3.8, 4) is 0 Å². The van der Waals surface area contributed by atoms with E-state index in [-0.39, 0.29) is 30.3 Å². The van der Waals surface area contributed by atoms with Crippen molar-refractivity contribution in [3.63, 3.8) is 0 Å². The van der Waals surface area contributed by atoms with Crippen molar-refractivity contribution >= 4 is 11.9 Å². The Morgan fingerprint density at radius 1 is 1.14 bits per heavy atom. The monoisotopic (exact) mass is 714 g/mol. The van der Waals surface area contributed by atoms with Crippen LogP contribution in [0.15, 0.2) is 35.5 Å². The summed E-state index contributed by atoms with van der Waals surface area (Å²) < 4.78 is 38.5. The second kappa shape index (κ2) is 12.7. The van der Waals surface area contributed by atoms with Crippen LogP contribution in [0.25, 0.3) is 0 Å². The van der Waals surface area contributed by atoms with E-state index in [0.29, 0.717) is 31.3 Å². The van der Waals surface area contributed by atoms with E-state index in [4.69, 9.17) is 28.4 Å². The van der Waals surface area contributed by atoms with Crippen LogP contribution in [0.3, 0.4) is 0 Å². The van der Waals surface area contributed by atoms with Gasteiger partial charge in [-0.05, 0) is 88.9 Å². The average Bonchev–Trinajstić information content (AvgIpc) is 3.59. The molecule has 284 valence electrons. The van der Waals surface area contributed by atoms with E-state index in [1.165, 1.54) is 0 Å². The maximum atomic E-state index is 13.2. The van der Waals surface area contributed by atoms with Gasteiger partial charge in [0, 0.05) is 24.7 Å². The number of hydrogen-bond acceptors (Lipinski definition) is 11. The fourth-order valence-electron chi connectivity index (χ4n) is 9.80. The second-order valence-corrected chi connectivity index (χ2v) is 17.7. The number of ether oxygens (including phenoxy) is 6. The number of aliphatic hydroxyl groups is 3. The van der Waals surface area contributed by atoms with E-state index < -0.39 is 76.7 Å². The summed E-state index contributed by atoms with van der Waals surface area (Å²) in [4.78, 5) is 26.0. The van der Waals surface area contributed by atoms with E-state index >= 15 is 0 Å². The Bertz CT molecular complexity index is 1500. The number of fused-ring (bicyclic) bond motifs is 2. The summed E-state index contributed by atoms with van der Waals surface area (Å²) in [7, 11) is 0. The van der Waals surface area contributed by atoms with Gasteiger partial charge < -0.3 is 43.7 Å². The molecule has 4 aliphatic carbocycles. The molecule has 13 atom stereocenters. The van der Waals surface area contributed by atoms with Crippen molar-refractivity contribution in [2.45, 2.75) is 166 Å². The zero-order valence-corrected chi connectivity index (χ0v) is 31.3. The summed E-state index contributed by atoms with van der Waals surface area (Å²) in [6.45, 7) is 17.2. The maximum absolute atomic E-state index is 13.2. The molecule has 3 saturated carbocycles. The van der Waals surface area contributed by atoms with Gasteiger partial charge in [0.1, 0.15) is 30.0 Å². The number of unbranched alkanes of at least 4 members (excludes halogenated alkanes) is 3. The third kappa shape index (κ3) is 5.79. The van der Waals surface area contributed by atoms with Crippen molar-refractivity contribution in [2.75, 3.05) is 6.61 Å². The Morgan fingerprint density at radius 2 is 1.88 bits per heavy atom. The number of carbonyl (C=O) groups is 2. The van der Waals surface area contributed by atoms with E-state index in [1.807, 2.05) is 26.8 Å². The Morgan fingerprint density at radius 3 is 2.53 bits per heavy atom. The molecule has 0 radical (unpaired) electrons. The van der Waals surface area contributed by atoms with Crippen LogP contribution >= 0.6 is 0 Å². The third-order valence-electron chi connectivity index (χ3n) is 13.7. The smallest absolute Gasteiger partial charge is 0.314 e. The summed E-state index contributed by atoms with van der Waals surface area (Å²) in [6.07, 6.45) is 5.83. The predicted molar refractivity (Wildman–Crippen MR) is 185 cm³/mol. The highest BCUT2D eigenvalue weighted by atomic mass is 16.8. The van der Waals surface area contributed by atoms with Crippen LogP contribution < -0.4 is 0 Å². The molecule has 4 aliphatic heterocycles. The van der Waals surface area contributed by atoms with Gasteiger partial charge in [0.2, 0.25) is 5.79 Å². The highest BCUT2D eigenvalue weighted by Crippen LogP contribution is 2.71. The summed E-state index contributed by atoms with van der Waals surface area (Å²) in [6, 6.07) is 0. The first-order valence-corrected chi connectivity index (χ1v) is 19.1. The number of epoxide rings is 1. The van der Waals surface area contributed by atoms with E-state index in [2.05, 4.69) is 19.6 Å². The van der Waals surface area contributed by atoms with Crippen molar-refractivity contribution in [3.05, 3.63) is 35.5 Å². The molecule has 4 saturated heterocycles. The minimum absolute atomic E-state index is 0.0332. The van der Waals surface area contributed by atoms with Crippen molar-refractivity contribution in [1.29, 1.82) is 0 Å². The lowest BCUT2D eigenvalue weighted by Gasteiger charge is -2.61. The highest BCUT2D eigenvalue weighted by molar-refractivity contribution is 5.77. The predicted octanol–water partition coefficient (Wildman–Crippen LogP) is 4.80. The number of hydrogen-bond donors (Lipinski definition) is 3. The topological polar surface area (TPSA) is 154 Å². The molecule has 0 aromatic heterocycles. The number of aliphatic hydroxyl groups excluding tert-OH is 3. The van der Waals surface area contributed by atoms with E-state index in [1.54, 1.807) is 20.8 Å². The molecule has 4 heterocycles. The van der Waals surface area contributed by atoms with Crippen LogP contribution in [0.4, 0.5) is 0 Å². The van der Waals surface area contributed by atoms with Gasteiger partial charge in [0.15, 0.2) is 6.29 Å². The summed E-state index contributed by atoms with van der Waals surface area (Å²) in [5, 5.41) is 32.9. The minimum atomic E-state index is -1.14. The first-order chi connectivity index (χ1) is 23.9. The van der Waals surface area contributed by atoms with Crippen LogP contribution in [0.2, 0.25) is 0 Å². The third-order valence-corrected chi connectivity index (χ3v) is 13.7. The SMILES string of the molecule is C=C1C(OC(=O)C(C)(C)C(C)O)CC2CC1C21CC2(CC(C)C(=O)O2)OC1OCC1=C(C=CCCCCC)C(O)C2OC23CC(O)C(C)(C)OC13. The van der Waals surface area contributed by atoms with Crippen LogP contribution in [0, 0.1) is 28.6 Å². The van der Waals surface area contributed by atoms with Gasteiger partial charge in [-0.1, -0.05) is 45.4 Å². The first kappa shape index (κ1) is 37.2. The summed E-state index contributed by atoms with van der Waals surface area (Å²) in [5.74, 6) is -2.32. The molecule has 0 aromatic carbocycles. The molecule has 11 nitrogen and oxygen atoms in total. The van der Waals surface area contributed by atoms with Gasteiger partial charge in [-0.3, -0.25) is 9.59 Å². The zero-order valence-electron chi connectivity index (χ0n) is 31.3. The van der Waals surface area contributed by atoms with Crippen LogP contribution in [0.1, 0.15) is 106 Å². The Labute approximate surface area is 301 Å². The molecule has 0 amide bonds. The van der Waals surface area contributed by atoms with Crippen LogP contribution in [0.5, 0.6) is 0 Å². The molecule has 8 aliphatic rings. The number of rotatable bonds is 11. The molecular weight excluding hydrogens is 656 g/mol. The van der Waals surface area contributed by atoms with Gasteiger partial charge in [-0.25, -0.2) is 0 Å². The molecule has 2 bridgehead atoms. The van der Waals surface area contributed by atoms with Gasteiger partial charge in [0.05, 0.1) is 35.7 Å². The lowest BCUT2D eigenvalue weighted by atomic mass is 9.43. The van der Waals surface area contributed by atoms with E-state index in [9.17, 15) is 24.9 Å².